The summed E-state index contributed by atoms with van der Waals surface area (Å²) in [5, 5.41) is 8.20. The van der Waals surface area contributed by atoms with Crippen molar-refractivity contribution in [1.82, 2.24) is 0 Å². The van der Waals surface area contributed by atoms with E-state index in [0.717, 1.165) is 32.1 Å². The molecule has 30 heavy (non-hydrogen) atoms. The molecule has 0 aromatic heterocycles. The first-order chi connectivity index (χ1) is 14.0. The van der Waals surface area contributed by atoms with E-state index >= 15 is 0 Å². The molecule has 0 rings (SSSR count). The predicted octanol–water partition coefficient (Wildman–Crippen LogP) is 7.69. The zero-order valence-electron chi connectivity index (χ0n) is 20.1. The first-order valence-electron chi connectivity index (χ1n) is 11.1. The Morgan fingerprint density at radius 3 is 1.80 bits per heavy atom. The average molecular weight is 443 g/mol. The molecule has 0 aliphatic rings. The smallest absolute Gasteiger partial charge is 0.347 e. The van der Waals surface area contributed by atoms with Crippen LogP contribution in [0.2, 0.25) is 0 Å². The summed E-state index contributed by atoms with van der Waals surface area (Å²) in [5.74, 6) is -1.14. The van der Waals surface area contributed by atoms with Gasteiger partial charge in [0.2, 0.25) is 0 Å². The van der Waals surface area contributed by atoms with Crippen LogP contribution in [0.3, 0.4) is 0 Å². The molecule has 6 heteroatoms. The Morgan fingerprint density at radius 1 is 0.900 bits per heavy atom. The second-order valence-electron chi connectivity index (χ2n) is 8.26. The molecule has 0 spiro atoms. The summed E-state index contributed by atoms with van der Waals surface area (Å²) < 4.78 is 23.7. The van der Waals surface area contributed by atoms with Gasteiger partial charge < -0.3 is 14.2 Å². The van der Waals surface area contributed by atoms with E-state index in [-0.39, 0.29) is 19.6 Å². The predicted molar refractivity (Wildman–Crippen MR) is 126 cm³/mol. The molecule has 0 saturated carbocycles. The Bertz CT molecular complexity index is 649. The summed E-state index contributed by atoms with van der Waals surface area (Å²) in [5.41, 5.74) is 4.07. The van der Waals surface area contributed by atoms with Gasteiger partial charge in [-0.3, -0.25) is 9.36 Å². The number of rotatable bonds is 16. The molecule has 174 valence electrons. The maximum absolute atomic E-state index is 13.1. The summed E-state index contributed by atoms with van der Waals surface area (Å²) in [4.78, 5) is 11.9. The van der Waals surface area contributed by atoms with Crippen LogP contribution in [0.25, 0.3) is 0 Å². The quantitative estimate of drug-likeness (QED) is 0.151. The van der Waals surface area contributed by atoms with Gasteiger partial charge in [-0.2, -0.15) is 0 Å². The van der Waals surface area contributed by atoms with E-state index in [9.17, 15) is 14.5 Å². The van der Waals surface area contributed by atoms with Gasteiger partial charge in [0.25, 0.3) is 0 Å². The van der Waals surface area contributed by atoms with Gasteiger partial charge in [-0.1, -0.05) is 34.9 Å². The van der Waals surface area contributed by atoms with Crippen molar-refractivity contribution in [3.05, 3.63) is 34.9 Å². The molecule has 0 aliphatic heterocycles. The van der Waals surface area contributed by atoms with Gasteiger partial charge in [0, 0.05) is 0 Å². The minimum absolute atomic E-state index is 0.153. The Kier molecular flexibility index (Phi) is 14.2. The van der Waals surface area contributed by atoms with E-state index in [1.165, 1.54) is 23.6 Å². The van der Waals surface area contributed by atoms with Crippen LogP contribution in [0.4, 0.5) is 0 Å². The fraction of sp³-hybridized carbons (Fsp3) is 0.708. The molecule has 1 N–H and O–H groups in total. The molecule has 0 aliphatic carbocycles. The van der Waals surface area contributed by atoms with Gasteiger partial charge in [-0.25, -0.2) is 0 Å². The minimum atomic E-state index is -3.74. The van der Waals surface area contributed by atoms with E-state index in [0.29, 0.717) is 6.42 Å². The highest BCUT2D eigenvalue weighted by atomic mass is 31.2. The van der Waals surface area contributed by atoms with Crippen LogP contribution in [-0.4, -0.2) is 29.4 Å². The van der Waals surface area contributed by atoms with Crippen molar-refractivity contribution in [2.24, 2.45) is 0 Å². The highest BCUT2D eigenvalue weighted by molar-refractivity contribution is 7.56. The number of carboxylic acid groups (broad SMARTS) is 1. The topological polar surface area (TPSA) is 72.8 Å². The first-order valence-corrected chi connectivity index (χ1v) is 12.6. The van der Waals surface area contributed by atoms with E-state index < -0.39 is 18.7 Å². The molecule has 1 atom stereocenters. The summed E-state index contributed by atoms with van der Waals surface area (Å²) >= 11 is 0. The minimum Gasteiger partial charge on any atom is -0.480 e. The lowest BCUT2D eigenvalue weighted by Gasteiger charge is -2.32. The molecule has 0 heterocycles. The van der Waals surface area contributed by atoms with Gasteiger partial charge in [0.05, 0.1) is 13.2 Å². The standard InChI is InChI=1S/C24H43O5P/c1-8-28-30(27,29-9-2)24(7,23(25)26)19-11-10-15-21(5)17-13-18-22(6)16-12-14-20(3)4/h14-15,18H,8-13,16-17,19H2,1-7H3,(H,25,26)/b21-15+,22-18+. The summed E-state index contributed by atoms with van der Waals surface area (Å²) in [7, 11) is -3.74. The maximum atomic E-state index is 13.1. The third-order valence-electron chi connectivity index (χ3n) is 5.15. The maximum Gasteiger partial charge on any atom is 0.347 e. The lowest BCUT2D eigenvalue weighted by molar-refractivity contribution is -0.140. The molecule has 0 saturated heterocycles. The van der Waals surface area contributed by atoms with E-state index in [2.05, 4.69) is 45.9 Å². The summed E-state index contributed by atoms with van der Waals surface area (Å²) in [6, 6.07) is 0. The second kappa shape index (κ2) is 14.8. The third-order valence-corrected chi connectivity index (χ3v) is 7.97. The molecular formula is C24H43O5P. The van der Waals surface area contributed by atoms with Crippen LogP contribution in [0.1, 0.15) is 93.4 Å². The molecule has 5 nitrogen and oxygen atoms in total. The van der Waals surface area contributed by atoms with Crippen LogP contribution in [0.15, 0.2) is 34.9 Å². The molecule has 0 radical (unpaired) electrons. The number of unbranched alkanes of at least 4 members (excludes halogenated alkanes) is 1. The van der Waals surface area contributed by atoms with Gasteiger partial charge >= 0.3 is 13.6 Å². The Hall–Kier alpha value is -1.16. The Balaban J connectivity index is 4.69. The summed E-state index contributed by atoms with van der Waals surface area (Å²) in [6.07, 6.45) is 12.5. The normalized spacial score (nSPS) is 15.0. The van der Waals surface area contributed by atoms with Gasteiger partial charge in [-0.15, -0.1) is 0 Å². The fourth-order valence-electron chi connectivity index (χ4n) is 3.16. The van der Waals surface area contributed by atoms with Crippen molar-refractivity contribution in [2.45, 2.75) is 98.6 Å². The zero-order valence-corrected chi connectivity index (χ0v) is 21.0. The Morgan fingerprint density at radius 2 is 1.37 bits per heavy atom. The van der Waals surface area contributed by atoms with Crippen molar-refractivity contribution in [3.8, 4) is 0 Å². The fourth-order valence-corrected chi connectivity index (χ4v) is 5.15. The molecular weight excluding hydrogens is 399 g/mol. The second-order valence-corrected chi connectivity index (χ2v) is 10.8. The van der Waals surface area contributed by atoms with Crippen LogP contribution in [0.5, 0.6) is 0 Å². The molecule has 0 amide bonds. The number of carbonyl (C=O) groups is 1. The van der Waals surface area contributed by atoms with Gasteiger partial charge in [0.15, 0.2) is 5.16 Å². The van der Waals surface area contributed by atoms with Crippen LogP contribution < -0.4 is 0 Å². The van der Waals surface area contributed by atoms with Gasteiger partial charge in [0.1, 0.15) is 0 Å². The number of allylic oxidation sites excluding steroid dienone is 6. The molecule has 0 bridgehead atoms. The van der Waals surface area contributed by atoms with Crippen molar-refractivity contribution < 1.29 is 23.5 Å². The third kappa shape index (κ3) is 10.2. The Labute approximate surface area is 184 Å². The monoisotopic (exact) mass is 442 g/mol. The lowest BCUT2D eigenvalue weighted by atomic mass is 10.0. The van der Waals surface area contributed by atoms with Crippen LogP contribution in [-0.2, 0) is 18.4 Å². The van der Waals surface area contributed by atoms with Gasteiger partial charge in [-0.05, 0) is 93.4 Å². The molecule has 1 unspecified atom stereocenters. The highest BCUT2D eigenvalue weighted by Gasteiger charge is 2.52. The van der Waals surface area contributed by atoms with Crippen molar-refractivity contribution in [2.75, 3.05) is 13.2 Å². The lowest BCUT2D eigenvalue weighted by Crippen LogP contribution is -2.36. The van der Waals surface area contributed by atoms with Crippen molar-refractivity contribution in [1.29, 1.82) is 0 Å². The average Bonchev–Trinajstić information content (AvgIpc) is 2.64. The highest BCUT2D eigenvalue weighted by Crippen LogP contribution is 2.61. The SMILES string of the molecule is CCOP(=O)(OCC)C(C)(CCC/C=C(\C)CC/C=C(\C)CCC=C(C)C)C(=O)O. The van der Waals surface area contributed by atoms with Crippen LogP contribution in [0, 0.1) is 0 Å². The summed E-state index contributed by atoms with van der Waals surface area (Å²) in [6.45, 7) is 13.7. The zero-order chi connectivity index (χ0) is 23.2. The largest absolute Gasteiger partial charge is 0.480 e. The first kappa shape index (κ1) is 28.8. The molecule has 0 aromatic carbocycles. The van der Waals surface area contributed by atoms with E-state index in [1.54, 1.807) is 13.8 Å². The number of aliphatic carboxylic acids is 1. The number of hydrogen-bond donors (Lipinski definition) is 1. The molecule has 0 aromatic rings. The molecule has 0 fully saturated rings. The van der Waals surface area contributed by atoms with E-state index in [1.807, 2.05) is 0 Å². The van der Waals surface area contributed by atoms with Crippen molar-refractivity contribution >= 4 is 13.6 Å². The van der Waals surface area contributed by atoms with Crippen LogP contribution >= 0.6 is 7.60 Å². The van der Waals surface area contributed by atoms with E-state index in [4.69, 9.17) is 9.05 Å². The van der Waals surface area contributed by atoms with Crippen molar-refractivity contribution in [3.63, 3.8) is 0 Å². The number of hydrogen-bond acceptors (Lipinski definition) is 4. The number of carboxylic acids is 1.